The molecule has 0 saturated heterocycles. The van der Waals surface area contributed by atoms with Crippen molar-refractivity contribution in [2.24, 2.45) is 11.7 Å². The molecule has 2 atom stereocenters. The standard InChI is InChI=1S/C11H17N3O2S/c1-6(12)11-14-8(5-17-11)10(16)13-4-9(15)7-2-3-7/h5-7,9,15H,2-4,12H2,1H3,(H,13,16). The Morgan fingerprint density at radius 1 is 1.76 bits per heavy atom. The molecule has 1 aliphatic carbocycles. The van der Waals surface area contributed by atoms with Gasteiger partial charge in [0.05, 0.1) is 12.1 Å². The summed E-state index contributed by atoms with van der Waals surface area (Å²) in [7, 11) is 0. The second kappa shape index (κ2) is 5.12. The van der Waals surface area contributed by atoms with Gasteiger partial charge in [-0.2, -0.15) is 0 Å². The zero-order chi connectivity index (χ0) is 12.4. The van der Waals surface area contributed by atoms with E-state index in [1.807, 2.05) is 6.92 Å². The molecule has 1 aromatic rings. The molecule has 1 fully saturated rings. The van der Waals surface area contributed by atoms with E-state index >= 15 is 0 Å². The minimum absolute atomic E-state index is 0.154. The molecular formula is C11H17N3O2S. The van der Waals surface area contributed by atoms with E-state index in [4.69, 9.17) is 5.73 Å². The van der Waals surface area contributed by atoms with Crippen LogP contribution in [0.4, 0.5) is 0 Å². The van der Waals surface area contributed by atoms with Crippen LogP contribution < -0.4 is 11.1 Å². The number of aromatic nitrogens is 1. The van der Waals surface area contributed by atoms with E-state index in [0.29, 0.717) is 18.2 Å². The van der Waals surface area contributed by atoms with E-state index in [9.17, 15) is 9.90 Å². The zero-order valence-corrected chi connectivity index (χ0v) is 10.5. The molecule has 0 bridgehead atoms. The Bertz CT molecular complexity index is 401. The van der Waals surface area contributed by atoms with Gasteiger partial charge in [0, 0.05) is 11.9 Å². The van der Waals surface area contributed by atoms with Crippen LogP contribution in [0.2, 0.25) is 0 Å². The fourth-order valence-electron chi connectivity index (χ4n) is 1.54. The predicted molar refractivity (Wildman–Crippen MR) is 65.8 cm³/mol. The van der Waals surface area contributed by atoms with Crippen molar-refractivity contribution in [2.75, 3.05) is 6.54 Å². The second-order valence-electron chi connectivity index (χ2n) is 4.47. The van der Waals surface area contributed by atoms with Gasteiger partial charge in [-0.25, -0.2) is 4.98 Å². The summed E-state index contributed by atoms with van der Waals surface area (Å²) in [4.78, 5) is 15.9. The van der Waals surface area contributed by atoms with Crippen molar-refractivity contribution in [3.8, 4) is 0 Å². The average molecular weight is 255 g/mol. The van der Waals surface area contributed by atoms with E-state index < -0.39 is 6.10 Å². The number of carbonyl (C=O) groups is 1. The molecule has 0 radical (unpaired) electrons. The summed E-state index contributed by atoms with van der Waals surface area (Å²) in [6.07, 6.45) is 1.69. The van der Waals surface area contributed by atoms with Crippen molar-refractivity contribution in [2.45, 2.75) is 31.9 Å². The number of hydrogen-bond donors (Lipinski definition) is 3. The van der Waals surface area contributed by atoms with Gasteiger partial charge in [0.15, 0.2) is 0 Å². The Kier molecular flexibility index (Phi) is 3.76. The van der Waals surface area contributed by atoms with Crippen LogP contribution >= 0.6 is 11.3 Å². The molecule has 1 saturated carbocycles. The molecule has 0 aliphatic heterocycles. The maximum atomic E-state index is 11.7. The van der Waals surface area contributed by atoms with Crippen molar-refractivity contribution in [1.29, 1.82) is 0 Å². The zero-order valence-electron chi connectivity index (χ0n) is 9.72. The third-order valence-electron chi connectivity index (χ3n) is 2.78. The maximum absolute atomic E-state index is 11.7. The molecule has 1 aliphatic rings. The third kappa shape index (κ3) is 3.24. The van der Waals surface area contributed by atoms with Crippen molar-refractivity contribution >= 4 is 17.2 Å². The van der Waals surface area contributed by atoms with Gasteiger partial charge >= 0.3 is 0 Å². The molecule has 0 spiro atoms. The molecule has 4 N–H and O–H groups in total. The number of hydrogen-bond acceptors (Lipinski definition) is 5. The number of nitrogens with one attached hydrogen (secondary N) is 1. The van der Waals surface area contributed by atoms with Crippen molar-refractivity contribution < 1.29 is 9.90 Å². The summed E-state index contributed by atoms with van der Waals surface area (Å²) in [6.45, 7) is 2.13. The van der Waals surface area contributed by atoms with Gasteiger partial charge in [-0.05, 0) is 25.7 Å². The highest BCUT2D eigenvalue weighted by atomic mass is 32.1. The van der Waals surface area contributed by atoms with Crippen LogP contribution in [0.5, 0.6) is 0 Å². The number of amides is 1. The number of rotatable bonds is 5. The van der Waals surface area contributed by atoms with Crippen molar-refractivity contribution in [1.82, 2.24) is 10.3 Å². The van der Waals surface area contributed by atoms with Gasteiger partial charge in [0.2, 0.25) is 0 Å². The topological polar surface area (TPSA) is 88.2 Å². The molecular weight excluding hydrogens is 238 g/mol. The highest BCUT2D eigenvalue weighted by Crippen LogP contribution is 2.32. The quantitative estimate of drug-likeness (QED) is 0.721. The first-order valence-electron chi connectivity index (χ1n) is 5.75. The van der Waals surface area contributed by atoms with Gasteiger partial charge in [-0.1, -0.05) is 0 Å². The molecule has 2 unspecified atom stereocenters. The first-order valence-corrected chi connectivity index (χ1v) is 6.63. The SMILES string of the molecule is CC(N)c1nc(C(=O)NCC(O)C2CC2)cs1. The lowest BCUT2D eigenvalue weighted by molar-refractivity contribution is 0.0897. The Labute approximate surface area is 104 Å². The summed E-state index contributed by atoms with van der Waals surface area (Å²) in [5, 5.41) is 14.8. The maximum Gasteiger partial charge on any atom is 0.270 e. The lowest BCUT2D eigenvalue weighted by Gasteiger charge is -2.09. The lowest BCUT2D eigenvalue weighted by atomic mass is 10.2. The number of aliphatic hydroxyl groups is 1. The monoisotopic (exact) mass is 255 g/mol. The van der Waals surface area contributed by atoms with Crippen molar-refractivity contribution in [3.63, 3.8) is 0 Å². The summed E-state index contributed by atoms with van der Waals surface area (Å²) in [5.41, 5.74) is 6.05. The van der Waals surface area contributed by atoms with Gasteiger partial charge < -0.3 is 16.2 Å². The summed E-state index contributed by atoms with van der Waals surface area (Å²) >= 11 is 1.38. The van der Waals surface area contributed by atoms with Gasteiger partial charge in [0.25, 0.3) is 5.91 Å². The van der Waals surface area contributed by atoms with Crippen LogP contribution in [0.1, 0.15) is 41.3 Å². The van der Waals surface area contributed by atoms with E-state index in [0.717, 1.165) is 17.8 Å². The minimum atomic E-state index is -0.425. The van der Waals surface area contributed by atoms with E-state index in [2.05, 4.69) is 10.3 Å². The summed E-state index contributed by atoms with van der Waals surface area (Å²) in [5.74, 6) is 0.123. The van der Waals surface area contributed by atoms with Gasteiger partial charge in [-0.15, -0.1) is 11.3 Å². The molecule has 5 nitrogen and oxygen atoms in total. The fraction of sp³-hybridized carbons (Fsp3) is 0.636. The average Bonchev–Trinajstić information content (AvgIpc) is 3.02. The first kappa shape index (κ1) is 12.5. The Hall–Kier alpha value is -0.980. The summed E-state index contributed by atoms with van der Waals surface area (Å²) in [6, 6.07) is -0.154. The molecule has 1 heterocycles. The molecule has 1 aromatic heterocycles. The number of carbonyl (C=O) groups excluding carboxylic acids is 1. The third-order valence-corrected chi connectivity index (χ3v) is 3.83. The highest BCUT2D eigenvalue weighted by molar-refractivity contribution is 7.09. The normalized spacial score (nSPS) is 18.8. The van der Waals surface area contributed by atoms with Crippen LogP contribution in [0.3, 0.4) is 0 Å². The van der Waals surface area contributed by atoms with Crippen LogP contribution in [-0.2, 0) is 0 Å². The van der Waals surface area contributed by atoms with Gasteiger partial charge in [0.1, 0.15) is 10.7 Å². The van der Waals surface area contributed by atoms with E-state index in [1.54, 1.807) is 5.38 Å². The largest absolute Gasteiger partial charge is 0.391 e. The molecule has 17 heavy (non-hydrogen) atoms. The van der Waals surface area contributed by atoms with Crippen LogP contribution in [0, 0.1) is 5.92 Å². The number of aliphatic hydroxyl groups excluding tert-OH is 1. The molecule has 1 amide bonds. The van der Waals surface area contributed by atoms with Crippen LogP contribution in [0.15, 0.2) is 5.38 Å². The first-order chi connectivity index (χ1) is 8.08. The minimum Gasteiger partial charge on any atom is -0.391 e. The second-order valence-corrected chi connectivity index (χ2v) is 5.36. The smallest absolute Gasteiger partial charge is 0.270 e. The van der Waals surface area contributed by atoms with Crippen molar-refractivity contribution in [3.05, 3.63) is 16.1 Å². The molecule has 2 rings (SSSR count). The van der Waals surface area contributed by atoms with Gasteiger partial charge in [-0.3, -0.25) is 4.79 Å². The molecule has 94 valence electrons. The summed E-state index contributed by atoms with van der Waals surface area (Å²) < 4.78 is 0. The number of nitrogens with two attached hydrogens (primary N) is 1. The van der Waals surface area contributed by atoms with E-state index in [-0.39, 0.29) is 11.9 Å². The van der Waals surface area contributed by atoms with Crippen LogP contribution in [0.25, 0.3) is 0 Å². The predicted octanol–water partition coefficient (Wildman–Crippen LogP) is 0.663. The Balaban J connectivity index is 1.85. The molecule has 0 aromatic carbocycles. The number of thiazole rings is 1. The Morgan fingerprint density at radius 3 is 3.00 bits per heavy atom. The van der Waals surface area contributed by atoms with Crippen LogP contribution in [-0.4, -0.2) is 28.6 Å². The molecule has 6 heteroatoms. The lowest BCUT2D eigenvalue weighted by Crippen LogP contribution is -2.33. The van der Waals surface area contributed by atoms with E-state index in [1.165, 1.54) is 11.3 Å². The fourth-order valence-corrected chi connectivity index (χ4v) is 2.29. The Morgan fingerprint density at radius 2 is 2.47 bits per heavy atom. The number of nitrogens with zero attached hydrogens (tertiary/aromatic N) is 1. The highest BCUT2D eigenvalue weighted by Gasteiger charge is 2.29.